The van der Waals surface area contributed by atoms with Crippen molar-refractivity contribution < 1.29 is 9.53 Å². The maximum absolute atomic E-state index is 12.0. The maximum atomic E-state index is 12.0. The molecule has 1 aromatic carbocycles. The Morgan fingerprint density at radius 3 is 2.65 bits per heavy atom. The van der Waals surface area contributed by atoms with Crippen molar-refractivity contribution in [2.45, 2.75) is 19.4 Å². The SMILES string of the molecule is COc1ccc(C)cc1C1(C)NC(=S)NC1=O. The quantitative estimate of drug-likeness (QED) is 0.775. The molecular weight excluding hydrogens is 236 g/mol. The van der Waals surface area contributed by atoms with Crippen LogP contribution < -0.4 is 15.4 Å². The summed E-state index contributed by atoms with van der Waals surface area (Å²) in [4.78, 5) is 12.0. The van der Waals surface area contributed by atoms with Crippen LogP contribution in [0.5, 0.6) is 5.75 Å². The largest absolute Gasteiger partial charge is 0.496 e. The highest BCUT2D eigenvalue weighted by Crippen LogP contribution is 2.32. The normalized spacial score (nSPS) is 23.2. The molecule has 1 unspecified atom stereocenters. The molecule has 90 valence electrons. The molecule has 0 saturated carbocycles. The first kappa shape index (κ1) is 11.9. The third kappa shape index (κ3) is 1.86. The first-order chi connectivity index (χ1) is 7.97. The summed E-state index contributed by atoms with van der Waals surface area (Å²) in [6.45, 7) is 3.76. The van der Waals surface area contributed by atoms with Crippen LogP contribution in [0.1, 0.15) is 18.1 Å². The standard InChI is InChI=1S/C12H14N2O2S/c1-7-4-5-9(16-3)8(6-7)12(2)10(15)13-11(17)14-12/h4-6H,1-3H3,(H2,13,14,15,17). The number of nitrogens with one attached hydrogen (secondary N) is 2. The number of carbonyl (C=O) groups is 1. The lowest BCUT2D eigenvalue weighted by molar-refractivity contribution is -0.123. The van der Waals surface area contributed by atoms with E-state index in [4.69, 9.17) is 17.0 Å². The van der Waals surface area contributed by atoms with Crippen LogP contribution in [0.2, 0.25) is 0 Å². The molecule has 0 aliphatic carbocycles. The number of methoxy groups -OCH3 is 1. The number of aryl methyl sites for hydroxylation is 1. The van der Waals surface area contributed by atoms with Crippen molar-refractivity contribution in [1.82, 2.24) is 10.6 Å². The highest BCUT2D eigenvalue weighted by atomic mass is 32.1. The van der Waals surface area contributed by atoms with Crippen molar-refractivity contribution in [3.63, 3.8) is 0 Å². The molecule has 1 saturated heterocycles. The van der Waals surface area contributed by atoms with E-state index in [9.17, 15) is 4.79 Å². The van der Waals surface area contributed by atoms with Crippen LogP contribution in [-0.2, 0) is 10.3 Å². The number of carbonyl (C=O) groups excluding carboxylic acids is 1. The zero-order chi connectivity index (χ0) is 12.6. The topological polar surface area (TPSA) is 50.4 Å². The number of hydrogen-bond acceptors (Lipinski definition) is 3. The van der Waals surface area contributed by atoms with Crippen LogP contribution in [0.15, 0.2) is 18.2 Å². The Balaban J connectivity index is 2.56. The minimum atomic E-state index is -0.867. The average Bonchev–Trinajstić information content (AvgIpc) is 2.53. The molecule has 1 aliphatic rings. The smallest absolute Gasteiger partial charge is 0.256 e. The van der Waals surface area contributed by atoms with E-state index in [1.54, 1.807) is 14.0 Å². The number of thiocarbonyl (C=S) groups is 1. The van der Waals surface area contributed by atoms with Crippen LogP contribution >= 0.6 is 12.2 Å². The van der Waals surface area contributed by atoms with Crippen molar-refractivity contribution in [2.75, 3.05) is 7.11 Å². The summed E-state index contributed by atoms with van der Waals surface area (Å²) < 4.78 is 5.30. The molecule has 1 amide bonds. The summed E-state index contributed by atoms with van der Waals surface area (Å²) in [7, 11) is 1.59. The molecule has 0 bridgehead atoms. The van der Waals surface area contributed by atoms with E-state index in [0.717, 1.165) is 11.1 Å². The van der Waals surface area contributed by atoms with Crippen molar-refractivity contribution >= 4 is 23.2 Å². The van der Waals surface area contributed by atoms with E-state index in [2.05, 4.69) is 10.6 Å². The molecule has 1 atom stereocenters. The highest BCUT2D eigenvalue weighted by Gasteiger charge is 2.43. The molecule has 0 radical (unpaired) electrons. The van der Waals surface area contributed by atoms with Crippen LogP contribution in [0.4, 0.5) is 0 Å². The van der Waals surface area contributed by atoms with E-state index < -0.39 is 5.54 Å². The summed E-state index contributed by atoms with van der Waals surface area (Å²) >= 11 is 4.97. The second kappa shape index (κ2) is 4.00. The molecule has 5 heteroatoms. The van der Waals surface area contributed by atoms with Crippen LogP contribution in [0.25, 0.3) is 0 Å². The zero-order valence-electron chi connectivity index (χ0n) is 9.96. The monoisotopic (exact) mass is 250 g/mol. The molecular formula is C12H14N2O2S. The van der Waals surface area contributed by atoms with Gasteiger partial charge >= 0.3 is 0 Å². The van der Waals surface area contributed by atoms with Gasteiger partial charge in [0.25, 0.3) is 5.91 Å². The first-order valence-corrected chi connectivity index (χ1v) is 5.67. The Hall–Kier alpha value is -1.62. The van der Waals surface area contributed by atoms with Gasteiger partial charge in [-0.05, 0) is 38.2 Å². The minimum Gasteiger partial charge on any atom is -0.496 e. The van der Waals surface area contributed by atoms with Gasteiger partial charge in [0.1, 0.15) is 11.3 Å². The average molecular weight is 250 g/mol. The van der Waals surface area contributed by atoms with Crippen LogP contribution in [0.3, 0.4) is 0 Å². The second-order valence-electron chi connectivity index (χ2n) is 4.24. The fourth-order valence-corrected chi connectivity index (χ4v) is 2.24. The van der Waals surface area contributed by atoms with Gasteiger partial charge in [0.15, 0.2) is 5.11 Å². The summed E-state index contributed by atoms with van der Waals surface area (Å²) in [5, 5.41) is 5.94. The Morgan fingerprint density at radius 2 is 2.12 bits per heavy atom. The van der Waals surface area contributed by atoms with Gasteiger partial charge in [0, 0.05) is 5.56 Å². The van der Waals surface area contributed by atoms with Gasteiger partial charge in [-0.2, -0.15) is 0 Å². The van der Waals surface area contributed by atoms with Crippen molar-refractivity contribution in [3.05, 3.63) is 29.3 Å². The molecule has 1 fully saturated rings. The fourth-order valence-electron chi connectivity index (χ4n) is 1.95. The van der Waals surface area contributed by atoms with E-state index in [1.165, 1.54) is 0 Å². The summed E-state index contributed by atoms with van der Waals surface area (Å²) in [6, 6.07) is 5.72. The van der Waals surface area contributed by atoms with Crippen LogP contribution in [0, 0.1) is 6.92 Å². The second-order valence-corrected chi connectivity index (χ2v) is 4.65. The third-order valence-electron chi connectivity index (χ3n) is 2.94. The lowest BCUT2D eigenvalue weighted by Crippen LogP contribution is -2.40. The Labute approximate surface area is 105 Å². The zero-order valence-corrected chi connectivity index (χ0v) is 10.8. The van der Waals surface area contributed by atoms with Gasteiger partial charge in [-0.1, -0.05) is 11.6 Å². The van der Waals surface area contributed by atoms with Crippen molar-refractivity contribution in [2.24, 2.45) is 0 Å². The fraction of sp³-hybridized carbons (Fsp3) is 0.333. The van der Waals surface area contributed by atoms with Gasteiger partial charge in [-0.3, -0.25) is 4.79 Å². The van der Waals surface area contributed by atoms with Crippen molar-refractivity contribution in [3.8, 4) is 5.75 Å². The summed E-state index contributed by atoms with van der Waals surface area (Å²) in [5.41, 5.74) is 0.987. The molecule has 2 rings (SSSR count). The third-order valence-corrected chi connectivity index (χ3v) is 3.14. The molecule has 17 heavy (non-hydrogen) atoms. The molecule has 2 N–H and O–H groups in total. The molecule has 0 aromatic heterocycles. The van der Waals surface area contributed by atoms with Gasteiger partial charge in [0.05, 0.1) is 7.11 Å². The number of hydrogen-bond donors (Lipinski definition) is 2. The van der Waals surface area contributed by atoms with E-state index >= 15 is 0 Å². The maximum Gasteiger partial charge on any atom is 0.256 e. The summed E-state index contributed by atoms with van der Waals surface area (Å²) in [5.74, 6) is 0.511. The Kier molecular flexibility index (Phi) is 2.79. The first-order valence-electron chi connectivity index (χ1n) is 5.26. The minimum absolute atomic E-state index is 0.161. The molecule has 1 aromatic rings. The summed E-state index contributed by atoms with van der Waals surface area (Å²) in [6.07, 6.45) is 0. The lowest BCUT2D eigenvalue weighted by atomic mass is 9.90. The van der Waals surface area contributed by atoms with E-state index in [0.29, 0.717) is 10.9 Å². The Bertz CT molecular complexity index is 501. The number of rotatable bonds is 2. The van der Waals surface area contributed by atoms with Gasteiger partial charge in [-0.15, -0.1) is 0 Å². The van der Waals surface area contributed by atoms with Crippen molar-refractivity contribution in [1.29, 1.82) is 0 Å². The van der Waals surface area contributed by atoms with Crippen LogP contribution in [-0.4, -0.2) is 18.1 Å². The highest BCUT2D eigenvalue weighted by molar-refractivity contribution is 7.80. The molecule has 4 nitrogen and oxygen atoms in total. The van der Waals surface area contributed by atoms with E-state index in [-0.39, 0.29) is 5.91 Å². The van der Waals surface area contributed by atoms with E-state index in [1.807, 2.05) is 25.1 Å². The molecule has 1 heterocycles. The van der Waals surface area contributed by atoms with Gasteiger partial charge in [0.2, 0.25) is 0 Å². The predicted molar refractivity (Wildman–Crippen MR) is 69.0 cm³/mol. The number of benzene rings is 1. The lowest BCUT2D eigenvalue weighted by Gasteiger charge is -2.24. The number of amides is 1. The van der Waals surface area contributed by atoms with Gasteiger partial charge in [-0.25, -0.2) is 0 Å². The Morgan fingerprint density at radius 1 is 1.41 bits per heavy atom. The molecule has 1 aliphatic heterocycles. The van der Waals surface area contributed by atoms with Gasteiger partial charge < -0.3 is 15.4 Å². The predicted octanol–water partition coefficient (Wildman–Crippen LogP) is 1.22. The molecule has 0 spiro atoms. The number of ether oxygens (including phenoxy) is 1.